The number of aryl methyl sites for hydroxylation is 1. The lowest BCUT2D eigenvalue weighted by atomic mass is 10.1. The van der Waals surface area contributed by atoms with E-state index in [9.17, 15) is 4.79 Å². The number of aromatic nitrogens is 1. The molecular weight excluding hydrogens is 296 g/mol. The molecule has 2 aromatic heterocycles. The van der Waals surface area contributed by atoms with E-state index < -0.39 is 0 Å². The van der Waals surface area contributed by atoms with Gasteiger partial charge in [0.15, 0.2) is 0 Å². The highest BCUT2D eigenvalue weighted by Gasteiger charge is 2.18. The highest BCUT2D eigenvalue weighted by atomic mass is 32.1. The molecule has 1 aliphatic rings. The van der Waals surface area contributed by atoms with Crippen molar-refractivity contribution in [2.24, 2.45) is 0 Å². The molecule has 1 fully saturated rings. The lowest BCUT2D eigenvalue weighted by Gasteiger charge is -2.15. The van der Waals surface area contributed by atoms with Crippen LogP contribution in [0.4, 0.5) is 0 Å². The average molecular weight is 318 g/mol. The lowest BCUT2D eigenvalue weighted by molar-refractivity contribution is -0.121. The van der Waals surface area contributed by atoms with Crippen molar-refractivity contribution in [3.05, 3.63) is 29.0 Å². The predicted molar refractivity (Wildman–Crippen MR) is 87.9 cm³/mol. The second-order valence-corrected chi connectivity index (χ2v) is 6.88. The molecule has 4 nitrogen and oxygen atoms in total. The van der Waals surface area contributed by atoms with Gasteiger partial charge in [0.05, 0.1) is 17.0 Å². The summed E-state index contributed by atoms with van der Waals surface area (Å²) in [5, 5.41) is 5.15. The Morgan fingerprint density at radius 1 is 1.36 bits per heavy atom. The number of hydrogen-bond acceptors (Lipinski definition) is 4. The Morgan fingerprint density at radius 2 is 2.14 bits per heavy atom. The van der Waals surface area contributed by atoms with Gasteiger partial charge >= 0.3 is 0 Å². The maximum absolute atomic E-state index is 12.3. The zero-order valence-corrected chi connectivity index (χ0v) is 13.7. The van der Waals surface area contributed by atoms with E-state index >= 15 is 0 Å². The fourth-order valence-electron chi connectivity index (χ4n) is 2.95. The number of oxazole rings is 1. The number of carbonyl (C=O) groups is 1. The Labute approximate surface area is 134 Å². The summed E-state index contributed by atoms with van der Waals surface area (Å²) in [6, 6.07) is 4.28. The molecule has 0 unspecified atom stereocenters. The zero-order valence-electron chi connectivity index (χ0n) is 12.9. The molecule has 0 aliphatic heterocycles. The third-order valence-electron chi connectivity index (χ3n) is 4.17. The maximum Gasteiger partial charge on any atom is 0.236 e. The molecule has 22 heavy (non-hydrogen) atoms. The molecule has 1 aliphatic carbocycles. The maximum atomic E-state index is 12.3. The van der Waals surface area contributed by atoms with Crippen LogP contribution in [0.5, 0.6) is 0 Å². The van der Waals surface area contributed by atoms with Crippen molar-refractivity contribution in [2.45, 2.75) is 57.9 Å². The molecule has 0 atom stereocenters. The van der Waals surface area contributed by atoms with Gasteiger partial charge in [-0.15, -0.1) is 11.3 Å². The van der Waals surface area contributed by atoms with Crippen molar-refractivity contribution in [1.29, 1.82) is 0 Å². The van der Waals surface area contributed by atoms with Crippen LogP contribution < -0.4 is 5.32 Å². The fraction of sp³-hybridized carbons (Fsp3) is 0.529. The van der Waals surface area contributed by atoms with E-state index in [0.717, 1.165) is 29.2 Å². The van der Waals surface area contributed by atoms with Crippen molar-refractivity contribution in [3.63, 3.8) is 0 Å². The van der Waals surface area contributed by atoms with Gasteiger partial charge in [0, 0.05) is 6.04 Å². The second-order valence-electron chi connectivity index (χ2n) is 5.93. The van der Waals surface area contributed by atoms with Gasteiger partial charge < -0.3 is 9.73 Å². The number of hydrogen-bond donors (Lipinski definition) is 1. The van der Waals surface area contributed by atoms with Crippen LogP contribution in [-0.2, 0) is 11.2 Å². The van der Waals surface area contributed by atoms with Crippen LogP contribution >= 0.6 is 11.3 Å². The van der Waals surface area contributed by atoms with Crippen LogP contribution in [0.2, 0.25) is 0 Å². The van der Waals surface area contributed by atoms with Crippen molar-refractivity contribution < 1.29 is 9.21 Å². The van der Waals surface area contributed by atoms with Crippen molar-refractivity contribution in [3.8, 4) is 10.8 Å². The minimum Gasteiger partial charge on any atom is -0.440 e. The van der Waals surface area contributed by atoms with Gasteiger partial charge in [0.2, 0.25) is 11.8 Å². The van der Waals surface area contributed by atoms with Gasteiger partial charge in [-0.1, -0.05) is 31.7 Å². The normalized spacial score (nSPS) is 16.4. The highest BCUT2D eigenvalue weighted by Crippen LogP contribution is 2.26. The smallest absolute Gasteiger partial charge is 0.236 e. The standard InChI is InChI=1S/C17H22N2O2S/c1-12-14(19-17(21-12)15-9-6-10-22-15)11-16(20)18-13-7-4-2-3-5-8-13/h6,9-10,13H,2-5,7-8,11H2,1H3,(H,18,20). The van der Waals surface area contributed by atoms with Crippen molar-refractivity contribution >= 4 is 17.2 Å². The van der Waals surface area contributed by atoms with Gasteiger partial charge in [-0.25, -0.2) is 4.98 Å². The monoisotopic (exact) mass is 318 g/mol. The Balaban J connectivity index is 1.61. The largest absolute Gasteiger partial charge is 0.440 e. The summed E-state index contributed by atoms with van der Waals surface area (Å²) >= 11 is 1.59. The van der Waals surface area contributed by atoms with Gasteiger partial charge in [-0.2, -0.15) is 0 Å². The van der Waals surface area contributed by atoms with Crippen LogP contribution in [0.25, 0.3) is 10.8 Å². The molecule has 0 saturated heterocycles. The Morgan fingerprint density at radius 3 is 2.82 bits per heavy atom. The number of amides is 1. The van der Waals surface area contributed by atoms with Gasteiger partial charge in [-0.05, 0) is 31.2 Å². The third-order valence-corrected chi connectivity index (χ3v) is 5.03. The van der Waals surface area contributed by atoms with E-state index in [4.69, 9.17) is 4.42 Å². The molecule has 1 amide bonds. The fourth-order valence-corrected chi connectivity index (χ4v) is 3.60. The second kappa shape index (κ2) is 7.09. The van der Waals surface area contributed by atoms with E-state index in [0.29, 0.717) is 18.4 Å². The summed E-state index contributed by atoms with van der Waals surface area (Å²) in [5.41, 5.74) is 0.745. The summed E-state index contributed by atoms with van der Waals surface area (Å²) in [6.45, 7) is 1.87. The first-order valence-electron chi connectivity index (χ1n) is 8.02. The van der Waals surface area contributed by atoms with Crippen LogP contribution in [0.15, 0.2) is 21.9 Å². The molecule has 0 aromatic carbocycles. The van der Waals surface area contributed by atoms with Gasteiger partial charge in [0.1, 0.15) is 5.76 Å². The predicted octanol–water partition coefficient (Wildman–Crippen LogP) is 4.09. The first-order valence-corrected chi connectivity index (χ1v) is 8.90. The molecule has 2 aromatic rings. The molecule has 118 valence electrons. The summed E-state index contributed by atoms with van der Waals surface area (Å²) in [7, 11) is 0. The summed E-state index contributed by atoms with van der Waals surface area (Å²) < 4.78 is 5.69. The summed E-state index contributed by atoms with van der Waals surface area (Å²) in [4.78, 5) is 17.7. The SMILES string of the molecule is Cc1oc(-c2cccs2)nc1CC(=O)NC1CCCCCC1. The number of carbonyl (C=O) groups excluding carboxylic acids is 1. The van der Waals surface area contributed by atoms with E-state index in [2.05, 4.69) is 10.3 Å². The molecule has 0 radical (unpaired) electrons. The number of thiophene rings is 1. The molecule has 3 rings (SSSR count). The summed E-state index contributed by atoms with van der Waals surface area (Å²) in [6.07, 6.45) is 7.52. The molecule has 5 heteroatoms. The molecular formula is C17H22N2O2S. The number of nitrogens with zero attached hydrogens (tertiary/aromatic N) is 1. The van der Waals surface area contributed by atoms with Crippen LogP contribution in [0.1, 0.15) is 50.0 Å². The Bertz CT molecular complexity index is 611. The van der Waals surface area contributed by atoms with Gasteiger partial charge in [0.25, 0.3) is 0 Å². The summed E-state index contributed by atoms with van der Waals surface area (Å²) in [5.74, 6) is 1.41. The van der Waals surface area contributed by atoms with Crippen LogP contribution in [0.3, 0.4) is 0 Å². The molecule has 2 heterocycles. The average Bonchev–Trinajstić information content (AvgIpc) is 3.06. The number of rotatable bonds is 4. The van der Waals surface area contributed by atoms with Crippen molar-refractivity contribution in [2.75, 3.05) is 0 Å². The quantitative estimate of drug-likeness (QED) is 0.864. The molecule has 1 saturated carbocycles. The molecule has 0 spiro atoms. The minimum absolute atomic E-state index is 0.0565. The van der Waals surface area contributed by atoms with E-state index in [-0.39, 0.29) is 5.91 Å². The first-order chi connectivity index (χ1) is 10.7. The van der Waals surface area contributed by atoms with Crippen molar-refractivity contribution in [1.82, 2.24) is 10.3 Å². The number of nitrogens with one attached hydrogen (secondary N) is 1. The zero-order chi connectivity index (χ0) is 15.4. The van der Waals surface area contributed by atoms with E-state index in [1.54, 1.807) is 11.3 Å². The van der Waals surface area contributed by atoms with Crippen LogP contribution in [-0.4, -0.2) is 16.9 Å². The highest BCUT2D eigenvalue weighted by molar-refractivity contribution is 7.13. The topological polar surface area (TPSA) is 55.1 Å². The van der Waals surface area contributed by atoms with E-state index in [1.807, 2.05) is 24.4 Å². The first kappa shape index (κ1) is 15.3. The molecule has 1 N–H and O–H groups in total. The van der Waals surface area contributed by atoms with Crippen LogP contribution in [0, 0.1) is 6.92 Å². The lowest BCUT2D eigenvalue weighted by Crippen LogP contribution is -2.35. The van der Waals surface area contributed by atoms with E-state index in [1.165, 1.54) is 25.7 Å². The molecule has 0 bridgehead atoms. The van der Waals surface area contributed by atoms with Gasteiger partial charge in [-0.3, -0.25) is 4.79 Å². The Kier molecular flexibility index (Phi) is 4.93. The third kappa shape index (κ3) is 3.77. The minimum atomic E-state index is 0.0565. The Hall–Kier alpha value is -1.62.